The van der Waals surface area contributed by atoms with Gasteiger partial charge in [-0.3, -0.25) is 0 Å². The van der Waals surface area contributed by atoms with Gasteiger partial charge in [-0.1, -0.05) is 48.0 Å². The van der Waals surface area contributed by atoms with E-state index >= 15 is 0 Å². The van der Waals surface area contributed by atoms with Crippen LogP contribution in [0.2, 0.25) is 0 Å². The van der Waals surface area contributed by atoms with E-state index in [-0.39, 0.29) is 18.0 Å². The van der Waals surface area contributed by atoms with Gasteiger partial charge >= 0.3 is 0 Å². The Labute approximate surface area is 139 Å². The van der Waals surface area contributed by atoms with Crippen molar-refractivity contribution in [3.63, 3.8) is 0 Å². The van der Waals surface area contributed by atoms with E-state index in [1.54, 1.807) is 16.4 Å². The zero-order valence-corrected chi connectivity index (χ0v) is 14.6. The molecule has 0 N–H and O–H groups in total. The maximum Gasteiger partial charge on any atom is 0.243 e. The Morgan fingerprint density at radius 2 is 1.57 bits per heavy atom. The van der Waals surface area contributed by atoms with Gasteiger partial charge in [0.25, 0.3) is 0 Å². The van der Waals surface area contributed by atoms with Gasteiger partial charge in [0.1, 0.15) is 0 Å². The highest BCUT2D eigenvalue weighted by Crippen LogP contribution is 2.40. The lowest BCUT2D eigenvalue weighted by molar-refractivity contribution is 0.344. The van der Waals surface area contributed by atoms with Crippen molar-refractivity contribution in [2.24, 2.45) is 0 Å². The molecule has 1 fully saturated rings. The number of benzene rings is 2. The third-order valence-corrected chi connectivity index (χ3v) is 6.95. The third kappa shape index (κ3) is 2.93. The molecule has 0 amide bonds. The zero-order chi connectivity index (χ0) is 16.6. The molecule has 2 aromatic rings. The van der Waals surface area contributed by atoms with Crippen LogP contribution in [0.1, 0.15) is 37.3 Å². The zero-order valence-electron chi connectivity index (χ0n) is 13.8. The average molecular weight is 329 g/mol. The summed E-state index contributed by atoms with van der Waals surface area (Å²) in [6.07, 6.45) is 0.857. The van der Waals surface area contributed by atoms with Gasteiger partial charge in [-0.25, -0.2) is 8.42 Å². The highest BCUT2D eigenvalue weighted by Gasteiger charge is 2.43. The van der Waals surface area contributed by atoms with E-state index < -0.39 is 10.0 Å². The molecule has 0 saturated carbocycles. The van der Waals surface area contributed by atoms with Gasteiger partial charge < -0.3 is 0 Å². The van der Waals surface area contributed by atoms with Crippen LogP contribution in [0.3, 0.4) is 0 Å². The molecule has 0 unspecified atom stereocenters. The smallest absolute Gasteiger partial charge is 0.207 e. The summed E-state index contributed by atoms with van der Waals surface area (Å²) >= 11 is 0. The molecular formula is C19H23NO2S. The summed E-state index contributed by atoms with van der Waals surface area (Å²) < 4.78 is 27.8. The summed E-state index contributed by atoms with van der Waals surface area (Å²) in [5.74, 6) is 0.242. The Balaban J connectivity index is 1.95. The van der Waals surface area contributed by atoms with Gasteiger partial charge in [0.2, 0.25) is 10.0 Å². The second-order valence-electron chi connectivity index (χ2n) is 6.49. The van der Waals surface area contributed by atoms with Crippen molar-refractivity contribution in [2.75, 3.05) is 0 Å². The predicted molar refractivity (Wildman–Crippen MR) is 92.9 cm³/mol. The highest BCUT2D eigenvalue weighted by atomic mass is 32.2. The topological polar surface area (TPSA) is 37.4 Å². The molecule has 1 aliphatic rings. The van der Waals surface area contributed by atoms with Crippen LogP contribution in [0.25, 0.3) is 0 Å². The molecule has 122 valence electrons. The summed E-state index contributed by atoms with van der Waals surface area (Å²) in [4.78, 5) is 0.385. The van der Waals surface area contributed by atoms with Crippen LogP contribution in [-0.2, 0) is 10.0 Å². The fraction of sp³-hybridized carbons (Fsp3) is 0.368. The fourth-order valence-electron chi connectivity index (χ4n) is 3.65. The number of nitrogens with zero attached hydrogens (tertiary/aromatic N) is 1. The lowest BCUT2D eigenvalue weighted by atomic mass is 9.92. The Kier molecular flexibility index (Phi) is 4.30. The molecule has 3 nitrogen and oxygen atoms in total. The molecule has 1 aliphatic heterocycles. The largest absolute Gasteiger partial charge is 0.243 e. The molecule has 0 spiro atoms. The number of hydrogen-bond acceptors (Lipinski definition) is 2. The first-order valence-electron chi connectivity index (χ1n) is 8.06. The van der Waals surface area contributed by atoms with Crippen molar-refractivity contribution in [3.8, 4) is 0 Å². The second-order valence-corrected chi connectivity index (χ2v) is 8.33. The minimum atomic E-state index is -3.46. The van der Waals surface area contributed by atoms with E-state index in [1.807, 2.05) is 51.1 Å². The van der Waals surface area contributed by atoms with Gasteiger partial charge in [0, 0.05) is 18.0 Å². The van der Waals surface area contributed by atoms with Crippen molar-refractivity contribution in [3.05, 3.63) is 65.7 Å². The summed E-state index contributed by atoms with van der Waals surface area (Å²) in [6.45, 7) is 5.99. The molecule has 3 atom stereocenters. The molecule has 23 heavy (non-hydrogen) atoms. The second kappa shape index (κ2) is 6.10. The molecule has 0 bridgehead atoms. The van der Waals surface area contributed by atoms with Crippen molar-refractivity contribution in [1.82, 2.24) is 4.31 Å². The number of sulfonamides is 1. The number of rotatable bonds is 3. The van der Waals surface area contributed by atoms with Crippen LogP contribution in [0.15, 0.2) is 59.5 Å². The van der Waals surface area contributed by atoms with Gasteiger partial charge in [0.15, 0.2) is 0 Å². The highest BCUT2D eigenvalue weighted by molar-refractivity contribution is 7.89. The van der Waals surface area contributed by atoms with Crippen LogP contribution < -0.4 is 0 Å². The van der Waals surface area contributed by atoms with Crippen LogP contribution in [0.4, 0.5) is 0 Å². The van der Waals surface area contributed by atoms with Crippen molar-refractivity contribution in [1.29, 1.82) is 0 Å². The maximum absolute atomic E-state index is 13.1. The SMILES string of the molecule is Cc1ccc(S(=O)(=O)N2[C@H](C)C[C@H](c3ccccc3)[C@H]2C)cc1. The quantitative estimate of drug-likeness (QED) is 0.855. The molecule has 1 saturated heterocycles. The monoisotopic (exact) mass is 329 g/mol. The van der Waals surface area contributed by atoms with E-state index in [4.69, 9.17) is 0 Å². The Bertz CT molecular complexity index is 769. The molecule has 3 rings (SSSR count). The molecule has 0 radical (unpaired) electrons. The molecule has 1 heterocycles. The molecule has 4 heteroatoms. The van der Waals surface area contributed by atoms with E-state index in [2.05, 4.69) is 12.1 Å². The molecular weight excluding hydrogens is 306 g/mol. The third-order valence-electron chi connectivity index (χ3n) is 4.84. The summed E-state index contributed by atoms with van der Waals surface area (Å²) in [7, 11) is -3.46. The number of aryl methyl sites for hydroxylation is 1. The molecule has 2 aromatic carbocycles. The lowest BCUT2D eigenvalue weighted by Crippen LogP contribution is -2.39. The predicted octanol–water partition coefficient (Wildman–Crippen LogP) is 3.95. The van der Waals surface area contributed by atoms with Crippen molar-refractivity contribution in [2.45, 2.75) is 50.1 Å². The first-order valence-corrected chi connectivity index (χ1v) is 9.50. The van der Waals surface area contributed by atoms with Crippen molar-refractivity contribution < 1.29 is 8.42 Å². The molecule has 0 aliphatic carbocycles. The Hall–Kier alpha value is -1.65. The Morgan fingerprint density at radius 3 is 2.17 bits per heavy atom. The van der Waals surface area contributed by atoms with Crippen LogP contribution in [-0.4, -0.2) is 24.8 Å². The van der Waals surface area contributed by atoms with E-state index in [9.17, 15) is 8.42 Å². The van der Waals surface area contributed by atoms with Gasteiger partial charge in [0.05, 0.1) is 4.90 Å². The lowest BCUT2D eigenvalue weighted by Gasteiger charge is -2.27. The van der Waals surface area contributed by atoms with Gasteiger partial charge in [-0.2, -0.15) is 4.31 Å². The van der Waals surface area contributed by atoms with E-state index in [0.717, 1.165) is 12.0 Å². The van der Waals surface area contributed by atoms with E-state index in [0.29, 0.717) is 4.90 Å². The van der Waals surface area contributed by atoms with Gasteiger partial charge in [-0.15, -0.1) is 0 Å². The van der Waals surface area contributed by atoms with Crippen LogP contribution >= 0.6 is 0 Å². The van der Waals surface area contributed by atoms with Crippen LogP contribution in [0, 0.1) is 6.92 Å². The van der Waals surface area contributed by atoms with Crippen LogP contribution in [0.5, 0.6) is 0 Å². The first-order chi connectivity index (χ1) is 10.9. The minimum absolute atomic E-state index is 0.00140. The van der Waals surface area contributed by atoms with E-state index in [1.165, 1.54) is 5.56 Å². The van der Waals surface area contributed by atoms with Gasteiger partial charge in [-0.05, 0) is 44.9 Å². The Morgan fingerprint density at radius 1 is 0.957 bits per heavy atom. The summed E-state index contributed by atoms with van der Waals surface area (Å²) in [5, 5.41) is 0. The fourth-order valence-corrected chi connectivity index (χ4v) is 5.52. The first kappa shape index (κ1) is 16.2. The molecule has 0 aromatic heterocycles. The van der Waals surface area contributed by atoms with Crippen molar-refractivity contribution >= 4 is 10.0 Å². The normalized spacial score (nSPS) is 25.6. The average Bonchev–Trinajstić information content (AvgIpc) is 2.84. The number of hydrogen-bond donors (Lipinski definition) is 0. The maximum atomic E-state index is 13.1. The minimum Gasteiger partial charge on any atom is -0.207 e. The summed E-state index contributed by atoms with van der Waals surface area (Å²) in [5.41, 5.74) is 2.28. The standard InChI is InChI=1S/C19H23NO2S/c1-14-9-11-18(12-10-14)23(21,22)20-15(2)13-19(16(20)3)17-7-5-4-6-8-17/h4-12,15-16,19H,13H2,1-3H3/t15-,16-,19+/m1/s1. The summed E-state index contributed by atoms with van der Waals surface area (Å²) in [6, 6.07) is 17.3.